The second-order valence-corrected chi connectivity index (χ2v) is 7.68. The molecule has 1 aliphatic rings. The molecule has 2 aromatic rings. The molecule has 0 atom stereocenters. The van der Waals surface area contributed by atoms with Gasteiger partial charge in [0.15, 0.2) is 5.11 Å². The summed E-state index contributed by atoms with van der Waals surface area (Å²) < 4.78 is 5.14. The highest BCUT2D eigenvalue weighted by Crippen LogP contribution is 2.12. The van der Waals surface area contributed by atoms with Crippen LogP contribution in [0.1, 0.15) is 12.0 Å². The Kier molecular flexibility index (Phi) is 8.29. The topological polar surface area (TPSA) is 70.1 Å². The molecule has 1 saturated heterocycles. The Bertz CT molecular complexity index is 808. The Morgan fingerprint density at radius 3 is 2.43 bits per heavy atom. The molecule has 160 valence electrons. The highest BCUT2D eigenvalue weighted by molar-refractivity contribution is 7.80. The first-order chi connectivity index (χ1) is 14.6. The van der Waals surface area contributed by atoms with Crippen LogP contribution in [0.2, 0.25) is 0 Å². The maximum absolute atomic E-state index is 12.1. The van der Waals surface area contributed by atoms with E-state index in [2.05, 4.69) is 45.3 Å². The second kappa shape index (κ2) is 11.4. The van der Waals surface area contributed by atoms with Gasteiger partial charge in [0.1, 0.15) is 5.75 Å². The van der Waals surface area contributed by atoms with Crippen LogP contribution < -0.4 is 30.7 Å². The highest BCUT2D eigenvalue weighted by atomic mass is 32.1. The van der Waals surface area contributed by atoms with Gasteiger partial charge >= 0.3 is 0 Å². The maximum atomic E-state index is 12.1. The lowest BCUT2D eigenvalue weighted by atomic mass is 10.2. The van der Waals surface area contributed by atoms with Gasteiger partial charge in [-0.15, -0.1) is 0 Å². The third-order valence-corrected chi connectivity index (χ3v) is 5.47. The number of thiocarbonyl (C=S) groups is 1. The first-order valence-electron chi connectivity index (χ1n) is 10.2. The van der Waals surface area contributed by atoms with Crippen LogP contribution in [0.5, 0.6) is 5.75 Å². The molecular formula is C22H30N5O2S+. The molecule has 0 unspecified atom stereocenters. The van der Waals surface area contributed by atoms with E-state index in [9.17, 15) is 4.79 Å². The van der Waals surface area contributed by atoms with Gasteiger partial charge in [-0.25, -0.2) is 0 Å². The molecule has 30 heavy (non-hydrogen) atoms. The summed E-state index contributed by atoms with van der Waals surface area (Å²) in [5.41, 5.74) is 7.79. The number of methoxy groups -OCH3 is 1. The number of nitrogens with zero attached hydrogens (tertiary/aromatic N) is 1. The van der Waals surface area contributed by atoms with Crippen LogP contribution >= 0.6 is 12.2 Å². The predicted molar refractivity (Wildman–Crippen MR) is 123 cm³/mol. The van der Waals surface area contributed by atoms with Crippen LogP contribution in [-0.2, 0) is 11.3 Å². The molecular weight excluding hydrogens is 398 g/mol. The maximum Gasteiger partial charge on any atom is 0.244 e. The average molecular weight is 429 g/mol. The van der Waals surface area contributed by atoms with Crippen LogP contribution in [0.4, 0.5) is 5.69 Å². The Labute approximate surface area is 183 Å². The van der Waals surface area contributed by atoms with Crippen LogP contribution in [0, 0.1) is 0 Å². The number of amides is 1. The summed E-state index contributed by atoms with van der Waals surface area (Å²) in [6.45, 7) is 5.50. The van der Waals surface area contributed by atoms with E-state index < -0.39 is 0 Å². The fourth-order valence-electron chi connectivity index (χ4n) is 3.42. The minimum absolute atomic E-state index is 0.0541. The first-order valence-corrected chi connectivity index (χ1v) is 10.6. The highest BCUT2D eigenvalue weighted by Gasteiger charge is 2.20. The number of benzene rings is 2. The van der Waals surface area contributed by atoms with Crippen LogP contribution in [0.15, 0.2) is 54.6 Å². The van der Waals surface area contributed by atoms with E-state index in [0.717, 1.165) is 44.0 Å². The molecule has 0 saturated carbocycles. The van der Waals surface area contributed by atoms with E-state index >= 15 is 0 Å². The fraction of sp³-hybridized carbons (Fsp3) is 0.364. The molecule has 3 rings (SSSR count). The van der Waals surface area contributed by atoms with Gasteiger partial charge in [-0.1, -0.05) is 30.3 Å². The number of ether oxygens (including phenoxy) is 1. The summed E-state index contributed by atoms with van der Waals surface area (Å²) in [6, 6.07) is 18.2. The van der Waals surface area contributed by atoms with E-state index in [1.54, 1.807) is 7.11 Å². The summed E-state index contributed by atoms with van der Waals surface area (Å²) in [5.74, 6) is 0.761. The third-order valence-electron chi connectivity index (χ3n) is 5.23. The average Bonchev–Trinajstić information content (AvgIpc) is 2.81. The van der Waals surface area contributed by atoms with Crippen molar-refractivity contribution in [2.24, 2.45) is 0 Å². The van der Waals surface area contributed by atoms with Gasteiger partial charge in [0.05, 0.1) is 46.3 Å². The lowest BCUT2D eigenvalue weighted by Crippen LogP contribution is -3.15. The number of hydrogen-bond acceptors (Lipinski definition) is 4. The molecule has 4 N–H and O–H groups in total. The van der Waals surface area contributed by atoms with Crippen LogP contribution in [0.25, 0.3) is 0 Å². The van der Waals surface area contributed by atoms with Crippen LogP contribution in [0.3, 0.4) is 0 Å². The molecule has 1 heterocycles. The number of hydrazine groups is 1. The van der Waals surface area contributed by atoms with Crippen molar-refractivity contribution in [1.29, 1.82) is 0 Å². The van der Waals surface area contributed by atoms with Crippen molar-refractivity contribution in [3.8, 4) is 5.75 Å². The minimum atomic E-state index is -0.0541. The molecule has 1 aliphatic heterocycles. The molecule has 0 aromatic heterocycles. The van der Waals surface area contributed by atoms with E-state index in [1.807, 2.05) is 30.3 Å². The van der Waals surface area contributed by atoms with E-state index in [0.29, 0.717) is 18.1 Å². The Balaban J connectivity index is 1.28. The number of carbonyl (C=O) groups excluding carboxylic acids is 1. The molecule has 0 spiro atoms. The smallest absolute Gasteiger partial charge is 0.244 e. The van der Waals surface area contributed by atoms with Gasteiger partial charge < -0.3 is 19.9 Å². The fourth-order valence-corrected chi connectivity index (χ4v) is 3.54. The molecule has 8 heteroatoms. The first kappa shape index (κ1) is 21.9. The second-order valence-electron chi connectivity index (χ2n) is 7.28. The number of hydrogen-bond donors (Lipinski definition) is 4. The monoisotopic (exact) mass is 428 g/mol. The van der Waals surface area contributed by atoms with Gasteiger partial charge in [-0.05, 0) is 42.0 Å². The number of nitrogens with one attached hydrogen (secondary N) is 4. The lowest BCUT2D eigenvalue weighted by Gasteiger charge is -2.33. The van der Waals surface area contributed by atoms with E-state index in [1.165, 1.54) is 10.6 Å². The minimum Gasteiger partial charge on any atom is -0.497 e. The van der Waals surface area contributed by atoms with Gasteiger partial charge in [-0.3, -0.25) is 15.6 Å². The van der Waals surface area contributed by atoms with Crippen molar-refractivity contribution in [3.63, 3.8) is 0 Å². The summed E-state index contributed by atoms with van der Waals surface area (Å²) in [7, 11) is 1.64. The van der Waals surface area contributed by atoms with E-state index in [-0.39, 0.29) is 5.91 Å². The van der Waals surface area contributed by atoms with Gasteiger partial charge in [0, 0.05) is 12.2 Å². The summed E-state index contributed by atoms with van der Waals surface area (Å²) >= 11 is 5.22. The molecule has 1 fully saturated rings. The molecule has 0 bridgehead atoms. The summed E-state index contributed by atoms with van der Waals surface area (Å²) in [4.78, 5) is 16.0. The predicted octanol–water partition coefficient (Wildman–Crippen LogP) is 0.486. The molecule has 7 nitrogen and oxygen atoms in total. The summed E-state index contributed by atoms with van der Waals surface area (Å²) in [5, 5.41) is 3.46. The zero-order valence-corrected chi connectivity index (χ0v) is 18.1. The third kappa shape index (κ3) is 6.89. The zero-order chi connectivity index (χ0) is 21.2. The van der Waals surface area contributed by atoms with Crippen molar-refractivity contribution in [1.82, 2.24) is 16.2 Å². The number of piperazine rings is 1. The quantitative estimate of drug-likeness (QED) is 0.380. The van der Waals surface area contributed by atoms with Crippen molar-refractivity contribution < 1.29 is 14.4 Å². The number of quaternary nitrogens is 1. The van der Waals surface area contributed by atoms with Gasteiger partial charge in [0.25, 0.3) is 0 Å². The number of para-hydroxylation sites is 1. The molecule has 2 aromatic carbocycles. The molecule has 1 amide bonds. The summed E-state index contributed by atoms with van der Waals surface area (Å²) in [6.07, 6.45) is 0.467. The Hall–Kier alpha value is -2.84. The Morgan fingerprint density at radius 2 is 1.77 bits per heavy atom. The molecule has 0 aliphatic carbocycles. The normalized spacial score (nSPS) is 14.1. The van der Waals surface area contributed by atoms with Gasteiger partial charge in [0.2, 0.25) is 5.91 Å². The number of carbonyl (C=O) groups is 1. The largest absolute Gasteiger partial charge is 0.497 e. The molecule has 0 radical (unpaired) electrons. The van der Waals surface area contributed by atoms with Crippen molar-refractivity contribution in [3.05, 3.63) is 60.2 Å². The van der Waals surface area contributed by atoms with Crippen molar-refractivity contribution in [2.45, 2.75) is 13.0 Å². The van der Waals surface area contributed by atoms with Crippen molar-refractivity contribution in [2.75, 3.05) is 44.7 Å². The van der Waals surface area contributed by atoms with E-state index in [4.69, 9.17) is 17.0 Å². The zero-order valence-electron chi connectivity index (χ0n) is 17.3. The number of anilines is 1. The van der Waals surface area contributed by atoms with Crippen molar-refractivity contribution >= 4 is 28.9 Å². The lowest BCUT2D eigenvalue weighted by molar-refractivity contribution is -0.900. The standard InChI is InChI=1S/C22H29N5O2S/c1-29-20-9-7-18(8-10-20)17-23-22(30)25-24-21(28)11-12-26-13-15-27(16-14-26)19-5-3-2-4-6-19/h2-10H,11-17H2,1H3,(H,24,28)(H2,23,25,30)/p+1. The SMILES string of the molecule is COc1ccc(CNC(=S)NNC(=O)CC[NH+]2CCN(c3ccccc3)CC2)cc1. The van der Waals surface area contributed by atoms with Gasteiger partial charge in [-0.2, -0.15) is 0 Å². The Morgan fingerprint density at radius 1 is 1.07 bits per heavy atom. The van der Waals surface area contributed by atoms with Crippen LogP contribution in [-0.4, -0.2) is 50.9 Å². The number of rotatable bonds is 7.